The van der Waals surface area contributed by atoms with Gasteiger partial charge in [-0.1, -0.05) is 0 Å². The second-order valence-electron chi connectivity index (χ2n) is 5.70. The zero-order chi connectivity index (χ0) is 14.6. The third-order valence-corrected chi connectivity index (χ3v) is 4.52. The smallest absolute Gasteiger partial charge is 0.246 e. The highest BCUT2D eigenvalue weighted by atomic mass is 16.2. The number of hydrogen-bond acceptors (Lipinski definition) is 4. The fourth-order valence-corrected chi connectivity index (χ4v) is 3.41. The summed E-state index contributed by atoms with van der Waals surface area (Å²) in [4.78, 5) is 14.5. The van der Waals surface area contributed by atoms with Crippen molar-refractivity contribution in [2.24, 2.45) is 0 Å². The van der Waals surface area contributed by atoms with E-state index < -0.39 is 0 Å². The minimum absolute atomic E-state index is 0.0937. The Bertz CT molecular complexity index is 702. The van der Waals surface area contributed by atoms with Gasteiger partial charge in [-0.05, 0) is 26.7 Å². The summed E-state index contributed by atoms with van der Waals surface area (Å²) in [6, 6.07) is -0.152. The molecule has 1 saturated heterocycles. The molecule has 7 nitrogen and oxygen atoms in total. The quantitative estimate of drug-likeness (QED) is 0.837. The molecule has 0 aromatic carbocycles. The molecule has 2 aliphatic rings. The van der Waals surface area contributed by atoms with Gasteiger partial charge in [0.15, 0.2) is 11.6 Å². The van der Waals surface area contributed by atoms with Crippen molar-refractivity contribution in [2.75, 3.05) is 6.54 Å². The number of carbonyl (C=O) groups excluding carboxylic acids is 1. The number of carbonyl (C=O) groups is 1. The standard InChI is InChI=1S/C14H18N6O/c1-3-18-8-10(7-15-18)12-16-17-13-11-5-4-6-19(11)14(21)9(2)20(12)13/h7-9,11H,3-6H2,1-2H3/t9-,11+/m0/s1. The van der Waals surface area contributed by atoms with E-state index in [0.717, 1.165) is 43.1 Å². The summed E-state index contributed by atoms with van der Waals surface area (Å²) in [6.45, 7) is 5.62. The lowest BCUT2D eigenvalue weighted by Gasteiger charge is -2.34. The summed E-state index contributed by atoms with van der Waals surface area (Å²) in [5, 5.41) is 13.0. The van der Waals surface area contributed by atoms with Gasteiger partial charge in [0, 0.05) is 19.3 Å². The molecule has 0 saturated carbocycles. The van der Waals surface area contributed by atoms with Crippen LogP contribution in [-0.2, 0) is 11.3 Å². The second kappa shape index (κ2) is 4.41. The van der Waals surface area contributed by atoms with E-state index in [-0.39, 0.29) is 18.0 Å². The highest BCUT2D eigenvalue weighted by Gasteiger charge is 2.42. The molecule has 4 rings (SSSR count). The van der Waals surface area contributed by atoms with Gasteiger partial charge < -0.3 is 4.90 Å². The lowest BCUT2D eigenvalue weighted by molar-refractivity contribution is -0.137. The minimum atomic E-state index is -0.246. The molecule has 7 heteroatoms. The summed E-state index contributed by atoms with van der Waals surface area (Å²) in [5.41, 5.74) is 0.918. The maximum Gasteiger partial charge on any atom is 0.246 e. The maximum atomic E-state index is 12.5. The summed E-state index contributed by atoms with van der Waals surface area (Å²) in [6.07, 6.45) is 5.76. The number of amides is 1. The molecule has 0 unspecified atom stereocenters. The maximum absolute atomic E-state index is 12.5. The van der Waals surface area contributed by atoms with E-state index in [1.165, 1.54) is 0 Å². The molecule has 1 fully saturated rings. The van der Waals surface area contributed by atoms with Crippen LogP contribution in [0.1, 0.15) is 44.6 Å². The van der Waals surface area contributed by atoms with Crippen LogP contribution in [0.25, 0.3) is 11.4 Å². The molecule has 2 aromatic rings. The lowest BCUT2D eigenvalue weighted by Crippen LogP contribution is -2.42. The number of rotatable bonds is 2. The van der Waals surface area contributed by atoms with Crippen LogP contribution in [0, 0.1) is 0 Å². The summed E-state index contributed by atoms with van der Waals surface area (Å²) < 4.78 is 3.85. The van der Waals surface area contributed by atoms with Gasteiger partial charge in [0.25, 0.3) is 0 Å². The zero-order valence-electron chi connectivity index (χ0n) is 12.2. The average Bonchev–Trinajstić information content (AvgIpc) is 3.20. The molecule has 2 atom stereocenters. The monoisotopic (exact) mass is 286 g/mol. The first-order valence-corrected chi connectivity index (χ1v) is 7.48. The summed E-state index contributed by atoms with van der Waals surface area (Å²) >= 11 is 0. The average molecular weight is 286 g/mol. The molecule has 0 aliphatic carbocycles. The van der Waals surface area contributed by atoms with Crippen molar-refractivity contribution >= 4 is 5.91 Å². The van der Waals surface area contributed by atoms with Gasteiger partial charge in [0.2, 0.25) is 5.91 Å². The molecule has 2 aliphatic heterocycles. The molecule has 0 N–H and O–H groups in total. The van der Waals surface area contributed by atoms with Gasteiger partial charge in [-0.3, -0.25) is 14.0 Å². The third kappa shape index (κ3) is 1.66. The predicted octanol–water partition coefficient (Wildman–Crippen LogP) is 1.40. The molecular weight excluding hydrogens is 268 g/mol. The molecule has 110 valence electrons. The van der Waals surface area contributed by atoms with Crippen molar-refractivity contribution in [3.8, 4) is 11.4 Å². The van der Waals surface area contributed by atoms with Crippen LogP contribution >= 0.6 is 0 Å². The number of aromatic nitrogens is 5. The highest BCUT2D eigenvalue weighted by molar-refractivity contribution is 5.83. The van der Waals surface area contributed by atoms with E-state index in [2.05, 4.69) is 15.3 Å². The van der Waals surface area contributed by atoms with Crippen molar-refractivity contribution in [3.05, 3.63) is 18.2 Å². The molecule has 0 radical (unpaired) electrons. The Morgan fingerprint density at radius 3 is 3.00 bits per heavy atom. The van der Waals surface area contributed by atoms with Crippen LogP contribution in [0.5, 0.6) is 0 Å². The van der Waals surface area contributed by atoms with Crippen molar-refractivity contribution < 1.29 is 4.79 Å². The van der Waals surface area contributed by atoms with E-state index >= 15 is 0 Å². The van der Waals surface area contributed by atoms with E-state index in [1.807, 2.05) is 34.2 Å². The van der Waals surface area contributed by atoms with Crippen LogP contribution in [-0.4, -0.2) is 41.9 Å². The Morgan fingerprint density at radius 2 is 2.24 bits per heavy atom. The van der Waals surface area contributed by atoms with Gasteiger partial charge in [-0.15, -0.1) is 10.2 Å². The first-order chi connectivity index (χ1) is 10.2. The molecule has 21 heavy (non-hydrogen) atoms. The van der Waals surface area contributed by atoms with Crippen molar-refractivity contribution in [1.82, 2.24) is 29.4 Å². The normalized spacial score (nSPS) is 24.3. The van der Waals surface area contributed by atoms with Crippen molar-refractivity contribution in [3.63, 3.8) is 0 Å². The Kier molecular flexibility index (Phi) is 2.63. The van der Waals surface area contributed by atoms with E-state index in [4.69, 9.17) is 0 Å². The fraction of sp³-hybridized carbons (Fsp3) is 0.571. The molecule has 2 aromatic heterocycles. The van der Waals surface area contributed by atoms with E-state index in [0.29, 0.717) is 0 Å². The Hall–Kier alpha value is -2.18. The first-order valence-electron chi connectivity index (χ1n) is 7.48. The second-order valence-corrected chi connectivity index (χ2v) is 5.70. The predicted molar refractivity (Wildman–Crippen MR) is 75.3 cm³/mol. The zero-order valence-corrected chi connectivity index (χ0v) is 12.2. The number of hydrogen-bond donors (Lipinski definition) is 0. The Morgan fingerprint density at radius 1 is 1.38 bits per heavy atom. The largest absolute Gasteiger partial charge is 0.331 e. The Balaban J connectivity index is 1.84. The van der Waals surface area contributed by atoms with Gasteiger partial charge in [-0.2, -0.15) is 5.10 Å². The van der Waals surface area contributed by atoms with E-state index in [1.54, 1.807) is 6.20 Å². The number of fused-ring (bicyclic) bond motifs is 3. The molecule has 1 amide bonds. The highest BCUT2D eigenvalue weighted by Crippen LogP contribution is 2.39. The first kappa shape index (κ1) is 12.6. The summed E-state index contributed by atoms with van der Waals surface area (Å²) in [7, 11) is 0. The van der Waals surface area contributed by atoms with Crippen LogP contribution in [0.3, 0.4) is 0 Å². The van der Waals surface area contributed by atoms with Crippen LogP contribution in [0.15, 0.2) is 12.4 Å². The topological polar surface area (TPSA) is 68.8 Å². The third-order valence-electron chi connectivity index (χ3n) is 4.52. The molecule has 4 heterocycles. The molecule has 0 spiro atoms. The Labute approximate surface area is 122 Å². The van der Waals surface area contributed by atoms with Gasteiger partial charge in [0.05, 0.1) is 17.8 Å². The van der Waals surface area contributed by atoms with Crippen LogP contribution in [0.4, 0.5) is 0 Å². The van der Waals surface area contributed by atoms with Crippen LogP contribution < -0.4 is 0 Å². The minimum Gasteiger partial charge on any atom is -0.331 e. The van der Waals surface area contributed by atoms with Crippen LogP contribution in [0.2, 0.25) is 0 Å². The number of nitrogens with zero attached hydrogens (tertiary/aromatic N) is 6. The fourth-order valence-electron chi connectivity index (χ4n) is 3.41. The lowest BCUT2D eigenvalue weighted by atomic mass is 10.1. The van der Waals surface area contributed by atoms with Crippen molar-refractivity contribution in [2.45, 2.75) is 45.3 Å². The molecule has 0 bridgehead atoms. The SMILES string of the molecule is CCn1cc(-c2nnc3n2[C@@H](C)C(=O)N2CCC[C@H]32)cn1. The van der Waals surface area contributed by atoms with Gasteiger partial charge in [-0.25, -0.2) is 0 Å². The van der Waals surface area contributed by atoms with Gasteiger partial charge >= 0.3 is 0 Å². The van der Waals surface area contributed by atoms with Crippen molar-refractivity contribution in [1.29, 1.82) is 0 Å². The van der Waals surface area contributed by atoms with E-state index in [9.17, 15) is 4.79 Å². The molecular formula is C14H18N6O. The van der Waals surface area contributed by atoms with Gasteiger partial charge in [0.1, 0.15) is 6.04 Å². The summed E-state index contributed by atoms with van der Waals surface area (Å²) in [5.74, 6) is 1.84. The number of aryl methyl sites for hydroxylation is 1.